The lowest BCUT2D eigenvalue weighted by atomic mass is 10.2. The highest BCUT2D eigenvalue weighted by Gasteiger charge is 2.08. The molecule has 18 heavy (non-hydrogen) atoms. The number of aryl methyl sites for hydroxylation is 1. The first-order valence-corrected chi connectivity index (χ1v) is 5.83. The molecule has 0 saturated heterocycles. The fourth-order valence-electron chi connectivity index (χ4n) is 1.51. The van der Waals surface area contributed by atoms with E-state index in [1.165, 1.54) is 0 Å². The maximum atomic E-state index is 11.7. The summed E-state index contributed by atoms with van der Waals surface area (Å²) in [6.07, 6.45) is 3.49. The van der Waals surface area contributed by atoms with Gasteiger partial charge in [-0.2, -0.15) is 0 Å². The third kappa shape index (κ3) is 3.21. The SMILES string of the molecule is Cc1cc(Cl)ccc1NC(=O)N[n+]1ccccc1. The molecule has 1 aromatic carbocycles. The Morgan fingerprint density at radius 3 is 2.61 bits per heavy atom. The maximum Gasteiger partial charge on any atom is 0.372 e. The summed E-state index contributed by atoms with van der Waals surface area (Å²) in [5.74, 6) is 0. The highest BCUT2D eigenvalue weighted by molar-refractivity contribution is 6.30. The number of nitrogens with zero attached hydrogens (tertiary/aromatic N) is 1. The Labute approximate surface area is 110 Å². The van der Waals surface area contributed by atoms with Gasteiger partial charge in [-0.15, -0.1) is 5.43 Å². The first-order chi connectivity index (χ1) is 8.65. The third-order valence-electron chi connectivity index (χ3n) is 2.38. The van der Waals surface area contributed by atoms with Crippen molar-refractivity contribution in [3.8, 4) is 0 Å². The molecule has 0 atom stereocenters. The van der Waals surface area contributed by atoms with E-state index in [4.69, 9.17) is 11.6 Å². The van der Waals surface area contributed by atoms with Crippen LogP contribution in [0.5, 0.6) is 0 Å². The molecule has 0 radical (unpaired) electrons. The van der Waals surface area contributed by atoms with Gasteiger partial charge in [0.25, 0.3) is 0 Å². The molecule has 1 heterocycles. The van der Waals surface area contributed by atoms with Crippen LogP contribution in [0.4, 0.5) is 10.5 Å². The lowest BCUT2D eigenvalue weighted by Gasteiger charge is -2.07. The summed E-state index contributed by atoms with van der Waals surface area (Å²) in [4.78, 5) is 11.7. The Kier molecular flexibility index (Phi) is 3.79. The molecule has 0 aliphatic heterocycles. The number of benzene rings is 1. The molecule has 0 aliphatic carbocycles. The van der Waals surface area contributed by atoms with Crippen LogP contribution in [-0.2, 0) is 0 Å². The van der Waals surface area contributed by atoms with E-state index in [9.17, 15) is 4.79 Å². The van der Waals surface area contributed by atoms with Gasteiger partial charge in [0.2, 0.25) is 0 Å². The molecule has 4 nitrogen and oxygen atoms in total. The molecule has 0 spiro atoms. The molecule has 0 bridgehead atoms. The van der Waals surface area contributed by atoms with Gasteiger partial charge < -0.3 is 5.32 Å². The fraction of sp³-hybridized carbons (Fsp3) is 0.0769. The molecule has 5 heteroatoms. The highest BCUT2D eigenvalue weighted by atomic mass is 35.5. The number of carbonyl (C=O) groups is 1. The predicted octanol–water partition coefficient (Wildman–Crippen LogP) is 2.71. The van der Waals surface area contributed by atoms with Crippen LogP contribution in [-0.4, -0.2) is 6.03 Å². The molecule has 2 amide bonds. The largest absolute Gasteiger partial charge is 0.372 e. The normalized spacial score (nSPS) is 9.89. The van der Waals surface area contributed by atoms with E-state index in [1.807, 2.05) is 25.1 Å². The summed E-state index contributed by atoms with van der Waals surface area (Å²) in [6, 6.07) is 10.5. The number of aromatic nitrogens is 1. The van der Waals surface area contributed by atoms with Crippen molar-refractivity contribution >= 4 is 23.3 Å². The van der Waals surface area contributed by atoms with Crippen LogP contribution in [0, 0.1) is 6.92 Å². The molecule has 2 aromatic rings. The molecule has 2 rings (SSSR count). The molecular weight excluding hydrogens is 250 g/mol. The highest BCUT2D eigenvalue weighted by Crippen LogP contribution is 2.19. The summed E-state index contributed by atoms with van der Waals surface area (Å²) in [5.41, 5.74) is 4.31. The van der Waals surface area contributed by atoms with Crippen LogP contribution in [0.15, 0.2) is 48.8 Å². The number of hydrogen-bond acceptors (Lipinski definition) is 1. The van der Waals surface area contributed by atoms with Crippen molar-refractivity contribution in [2.45, 2.75) is 6.92 Å². The Morgan fingerprint density at radius 2 is 1.94 bits per heavy atom. The van der Waals surface area contributed by atoms with Crippen LogP contribution >= 0.6 is 11.6 Å². The zero-order valence-electron chi connectivity index (χ0n) is 9.85. The second-order valence-corrected chi connectivity index (χ2v) is 4.24. The molecule has 1 aromatic heterocycles. The summed E-state index contributed by atoms with van der Waals surface area (Å²) in [6.45, 7) is 1.89. The summed E-state index contributed by atoms with van der Waals surface area (Å²) in [7, 11) is 0. The zero-order valence-corrected chi connectivity index (χ0v) is 10.6. The number of halogens is 1. The number of amides is 2. The number of carbonyl (C=O) groups excluding carboxylic acids is 1. The van der Waals surface area contributed by atoms with Crippen molar-refractivity contribution in [1.82, 2.24) is 0 Å². The molecular formula is C13H13ClN3O+. The van der Waals surface area contributed by atoms with E-state index in [1.54, 1.807) is 35.3 Å². The van der Waals surface area contributed by atoms with E-state index >= 15 is 0 Å². The predicted molar refractivity (Wildman–Crippen MR) is 71.2 cm³/mol. The van der Waals surface area contributed by atoms with Crippen molar-refractivity contribution in [1.29, 1.82) is 0 Å². The second-order valence-electron chi connectivity index (χ2n) is 3.81. The number of anilines is 1. The number of rotatable bonds is 2. The van der Waals surface area contributed by atoms with Gasteiger partial charge in [-0.05, 0) is 30.7 Å². The molecule has 0 aliphatic rings. The fourth-order valence-corrected chi connectivity index (χ4v) is 1.73. The van der Waals surface area contributed by atoms with Crippen molar-refractivity contribution in [2.24, 2.45) is 0 Å². The molecule has 92 valence electrons. The smallest absolute Gasteiger partial charge is 0.304 e. The molecule has 0 saturated carbocycles. The number of pyridine rings is 1. The number of urea groups is 1. The molecule has 0 fully saturated rings. The summed E-state index contributed by atoms with van der Waals surface area (Å²) >= 11 is 5.85. The zero-order chi connectivity index (χ0) is 13.0. The van der Waals surface area contributed by atoms with Gasteiger partial charge in [0.15, 0.2) is 12.4 Å². The molecule has 0 unspecified atom stereocenters. The van der Waals surface area contributed by atoms with Gasteiger partial charge in [-0.3, -0.25) is 0 Å². The minimum absolute atomic E-state index is 0.309. The Hall–Kier alpha value is -2.07. The standard InChI is InChI=1S/C13H12ClN3O/c1-10-9-11(14)5-6-12(10)15-13(18)16-17-7-3-2-4-8-17/h2-9H,1H3,(H-,15,16,18)/p+1. The Balaban J connectivity index is 2.03. The summed E-state index contributed by atoms with van der Waals surface area (Å²) < 4.78 is 1.57. The number of nitrogens with one attached hydrogen (secondary N) is 2. The van der Waals surface area contributed by atoms with Gasteiger partial charge in [0.1, 0.15) is 0 Å². The van der Waals surface area contributed by atoms with Gasteiger partial charge >= 0.3 is 6.03 Å². The minimum atomic E-state index is -0.309. The lowest BCUT2D eigenvalue weighted by molar-refractivity contribution is -0.641. The van der Waals surface area contributed by atoms with Crippen LogP contribution < -0.4 is 15.4 Å². The van der Waals surface area contributed by atoms with Gasteiger partial charge in [-0.1, -0.05) is 22.3 Å². The van der Waals surface area contributed by atoms with E-state index in [0.29, 0.717) is 5.02 Å². The second kappa shape index (κ2) is 5.51. The van der Waals surface area contributed by atoms with Crippen molar-refractivity contribution in [3.05, 3.63) is 59.4 Å². The van der Waals surface area contributed by atoms with Crippen molar-refractivity contribution < 1.29 is 9.47 Å². The minimum Gasteiger partial charge on any atom is -0.304 e. The third-order valence-corrected chi connectivity index (χ3v) is 2.62. The van der Waals surface area contributed by atoms with Crippen LogP contribution in [0.3, 0.4) is 0 Å². The first kappa shape index (κ1) is 12.4. The van der Waals surface area contributed by atoms with Gasteiger partial charge in [0.05, 0.1) is 0 Å². The number of hydrogen-bond donors (Lipinski definition) is 2. The van der Waals surface area contributed by atoms with Gasteiger partial charge in [0, 0.05) is 22.8 Å². The first-order valence-electron chi connectivity index (χ1n) is 5.45. The lowest BCUT2D eigenvalue weighted by Crippen LogP contribution is -2.49. The Bertz CT molecular complexity index is 557. The van der Waals surface area contributed by atoms with Crippen LogP contribution in [0.2, 0.25) is 5.02 Å². The van der Waals surface area contributed by atoms with Crippen LogP contribution in [0.1, 0.15) is 5.56 Å². The van der Waals surface area contributed by atoms with Crippen molar-refractivity contribution in [3.63, 3.8) is 0 Å². The van der Waals surface area contributed by atoms with E-state index < -0.39 is 0 Å². The van der Waals surface area contributed by atoms with E-state index in [0.717, 1.165) is 11.3 Å². The average Bonchev–Trinajstić information content (AvgIpc) is 2.34. The van der Waals surface area contributed by atoms with Crippen LogP contribution in [0.25, 0.3) is 0 Å². The average molecular weight is 263 g/mol. The van der Waals surface area contributed by atoms with E-state index in [2.05, 4.69) is 10.7 Å². The summed E-state index contributed by atoms with van der Waals surface area (Å²) in [5, 5.41) is 3.41. The van der Waals surface area contributed by atoms with Crippen molar-refractivity contribution in [2.75, 3.05) is 10.7 Å². The molecule has 2 N–H and O–H groups in total. The van der Waals surface area contributed by atoms with Gasteiger partial charge in [-0.25, -0.2) is 4.79 Å². The maximum absolute atomic E-state index is 11.7. The topological polar surface area (TPSA) is 45.0 Å². The Morgan fingerprint density at radius 1 is 1.22 bits per heavy atom. The monoisotopic (exact) mass is 262 g/mol. The van der Waals surface area contributed by atoms with E-state index in [-0.39, 0.29) is 6.03 Å². The quantitative estimate of drug-likeness (QED) is 0.803.